The third-order valence-corrected chi connectivity index (χ3v) is 5.75. The molecule has 3 heteroatoms. The molecule has 2 rings (SSSR count). The first-order chi connectivity index (χ1) is 12.1. The molecule has 0 amide bonds. The van der Waals surface area contributed by atoms with Gasteiger partial charge < -0.3 is 15.9 Å². The van der Waals surface area contributed by atoms with Gasteiger partial charge in [-0.15, -0.1) is 0 Å². The Morgan fingerprint density at radius 2 is 1.80 bits per heavy atom. The number of fused-ring (bicyclic) bond motifs is 1. The maximum absolute atomic E-state index is 9.50. The van der Waals surface area contributed by atoms with Crippen LogP contribution in [0.5, 0.6) is 0 Å². The van der Waals surface area contributed by atoms with Crippen LogP contribution in [-0.2, 0) is 12.8 Å². The van der Waals surface area contributed by atoms with Crippen LogP contribution in [0.2, 0.25) is 0 Å². The van der Waals surface area contributed by atoms with Crippen molar-refractivity contribution in [2.45, 2.75) is 89.0 Å². The number of nitrogens with two attached hydrogens (primary N) is 1. The van der Waals surface area contributed by atoms with E-state index in [1.54, 1.807) is 0 Å². The van der Waals surface area contributed by atoms with Crippen molar-refractivity contribution in [3.05, 3.63) is 34.9 Å². The van der Waals surface area contributed by atoms with Crippen molar-refractivity contribution in [2.24, 2.45) is 5.73 Å². The number of benzene rings is 1. The lowest BCUT2D eigenvalue weighted by Crippen LogP contribution is -2.48. The Labute approximate surface area is 153 Å². The van der Waals surface area contributed by atoms with Gasteiger partial charge in [-0.3, -0.25) is 0 Å². The Balaban J connectivity index is 1.92. The van der Waals surface area contributed by atoms with E-state index >= 15 is 0 Å². The Bertz CT molecular complexity index is 511. The normalized spacial score (nSPS) is 17.5. The lowest BCUT2D eigenvalue weighted by atomic mass is 9.76. The first-order valence-electron chi connectivity index (χ1n) is 10.2. The topological polar surface area (TPSA) is 66.5 Å². The molecular weight excluding hydrogens is 310 g/mol. The van der Waals surface area contributed by atoms with Crippen molar-refractivity contribution in [3.8, 4) is 0 Å². The summed E-state index contributed by atoms with van der Waals surface area (Å²) in [5.41, 5.74) is 9.56. The average Bonchev–Trinajstić information content (AvgIpc) is 2.64. The van der Waals surface area contributed by atoms with E-state index in [-0.39, 0.29) is 13.2 Å². The summed E-state index contributed by atoms with van der Waals surface area (Å²) in [5, 5.41) is 19.0. The quantitative estimate of drug-likeness (QED) is 0.528. The van der Waals surface area contributed by atoms with E-state index in [1.165, 1.54) is 68.1 Å². The third kappa shape index (κ3) is 6.09. The fourth-order valence-electron chi connectivity index (χ4n) is 4.12. The van der Waals surface area contributed by atoms with E-state index in [4.69, 9.17) is 5.73 Å². The van der Waals surface area contributed by atoms with Gasteiger partial charge in [0, 0.05) is 0 Å². The highest BCUT2D eigenvalue weighted by molar-refractivity contribution is 5.37. The van der Waals surface area contributed by atoms with Crippen LogP contribution in [0.3, 0.4) is 0 Å². The van der Waals surface area contributed by atoms with Crippen LogP contribution in [0.4, 0.5) is 0 Å². The number of aliphatic hydroxyl groups is 2. The minimum atomic E-state index is -0.865. The molecule has 0 spiro atoms. The zero-order chi connectivity index (χ0) is 18.1. The van der Waals surface area contributed by atoms with Gasteiger partial charge in [-0.2, -0.15) is 0 Å². The number of aliphatic hydroxyl groups excluding tert-OH is 2. The smallest absolute Gasteiger partial charge is 0.0633 e. The molecule has 3 nitrogen and oxygen atoms in total. The molecule has 4 N–H and O–H groups in total. The van der Waals surface area contributed by atoms with Gasteiger partial charge in [0.2, 0.25) is 0 Å². The van der Waals surface area contributed by atoms with Crippen LogP contribution in [0.25, 0.3) is 0 Å². The van der Waals surface area contributed by atoms with Crippen molar-refractivity contribution in [1.82, 2.24) is 0 Å². The molecule has 1 aliphatic carbocycles. The summed E-state index contributed by atoms with van der Waals surface area (Å²) in [4.78, 5) is 0. The largest absolute Gasteiger partial charge is 0.394 e. The molecule has 1 aromatic rings. The van der Waals surface area contributed by atoms with Crippen molar-refractivity contribution in [1.29, 1.82) is 0 Å². The summed E-state index contributed by atoms with van der Waals surface area (Å²) in [6.07, 6.45) is 13.3. The number of aryl methyl sites for hydroxylation is 2. The summed E-state index contributed by atoms with van der Waals surface area (Å²) in [6.45, 7) is 1.94. The minimum absolute atomic E-state index is 0.161. The van der Waals surface area contributed by atoms with Crippen LogP contribution in [0.15, 0.2) is 18.2 Å². The van der Waals surface area contributed by atoms with Gasteiger partial charge >= 0.3 is 0 Å². The maximum Gasteiger partial charge on any atom is 0.0633 e. The van der Waals surface area contributed by atoms with Crippen molar-refractivity contribution >= 4 is 0 Å². The second kappa shape index (κ2) is 10.3. The molecule has 0 aliphatic heterocycles. The second-order valence-electron chi connectivity index (χ2n) is 8.02. The molecule has 142 valence electrons. The number of rotatable bonds is 11. The monoisotopic (exact) mass is 347 g/mol. The Morgan fingerprint density at radius 1 is 1.08 bits per heavy atom. The number of hydrogen-bond donors (Lipinski definition) is 3. The lowest BCUT2D eigenvalue weighted by molar-refractivity contribution is 0.107. The van der Waals surface area contributed by atoms with Crippen LogP contribution >= 0.6 is 0 Å². The van der Waals surface area contributed by atoms with Crippen molar-refractivity contribution < 1.29 is 10.2 Å². The van der Waals surface area contributed by atoms with E-state index in [1.807, 2.05) is 0 Å². The molecule has 0 bridgehead atoms. The molecule has 0 saturated heterocycles. The van der Waals surface area contributed by atoms with E-state index in [0.717, 1.165) is 12.8 Å². The van der Waals surface area contributed by atoms with Crippen LogP contribution in [0, 0.1) is 0 Å². The maximum atomic E-state index is 9.50. The van der Waals surface area contributed by atoms with Crippen LogP contribution in [0.1, 0.15) is 87.3 Å². The molecule has 25 heavy (non-hydrogen) atoms. The molecular formula is C22H37NO2. The van der Waals surface area contributed by atoms with E-state index in [2.05, 4.69) is 25.1 Å². The van der Waals surface area contributed by atoms with Crippen molar-refractivity contribution in [2.75, 3.05) is 13.2 Å². The molecule has 0 heterocycles. The van der Waals surface area contributed by atoms with Crippen molar-refractivity contribution in [3.63, 3.8) is 0 Å². The van der Waals surface area contributed by atoms with Gasteiger partial charge in [-0.1, -0.05) is 57.2 Å². The summed E-state index contributed by atoms with van der Waals surface area (Å²) in [7, 11) is 0. The van der Waals surface area contributed by atoms with Gasteiger partial charge in [0.05, 0.1) is 18.8 Å². The van der Waals surface area contributed by atoms with Gasteiger partial charge in [0.15, 0.2) is 0 Å². The second-order valence-corrected chi connectivity index (χ2v) is 8.02. The Kier molecular flexibility index (Phi) is 8.41. The minimum Gasteiger partial charge on any atom is -0.394 e. The van der Waals surface area contributed by atoms with Crippen LogP contribution < -0.4 is 5.73 Å². The first-order valence-corrected chi connectivity index (χ1v) is 10.2. The highest BCUT2D eigenvalue weighted by atomic mass is 16.3. The first kappa shape index (κ1) is 20.4. The molecule has 0 radical (unpaired) electrons. The summed E-state index contributed by atoms with van der Waals surface area (Å²) in [6, 6.07) is 6.95. The number of unbranched alkanes of at least 4 members (excludes halogenated alkanes) is 5. The molecule has 1 atom stereocenters. The molecule has 0 unspecified atom stereocenters. The summed E-state index contributed by atoms with van der Waals surface area (Å²) < 4.78 is 0. The van der Waals surface area contributed by atoms with E-state index in [0.29, 0.717) is 12.3 Å². The molecule has 0 fully saturated rings. The van der Waals surface area contributed by atoms with Gasteiger partial charge in [0.1, 0.15) is 0 Å². The summed E-state index contributed by atoms with van der Waals surface area (Å²) >= 11 is 0. The SMILES string of the molecule is CCCCCCCCc1ccc2c(c1)CCC[C@@H]2CC(N)(CO)CO. The zero-order valence-electron chi connectivity index (χ0n) is 16.0. The average molecular weight is 348 g/mol. The number of hydrogen-bond acceptors (Lipinski definition) is 3. The standard InChI is InChI=1S/C22H37NO2/c1-2-3-4-5-6-7-9-18-12-13-21-19(14-18)10-8-11-20(21)15-22(23,16-24)17-25/h12-14,20,24-25H,2-11,15-17,23H2,1H3/t20-/m1/s1. The Morgan fingerprint density at radius 3 is 2.52 bits per heavy atom. The molecule has 1 aliphatic rings. The molecule has 0 aromatic heterocycles. The molecule has 1 aromatic carbocycles. The summed E-state index contributed by atoms with van der Waals surface area (Å²) in [5.74, 6) is 0.358. The zero-order valence-corrected chi connectivity index (χ0v) is 16.0. The third-order valence-electron chi connectivity index (χ3n) is 5.75. The van der Waals surface area contributed by atoms with Gasteiger partial charge in [-0.25, -0.2) is 0 Å². The highest BCUT2D eigenvalue weighted by Gasteiger charge is 2.30. The highest BCUT2D eigenvalue weighted by Crippen LogP contribution is 2.37. The lowest BCUT2D eigenvalue weighted by Gasteiger charge is -2.33. The Hall–Kier alpha value is -0.900. The van der Waals surface area contributed by atoms with Gasteiger partial charge in [-0.05, 0) is 61.1 Å². The fourth-order valence-corrected chi connectivity index (χ4v) is 4.12. The predicted molar refractivity (Wildman–Crippen MR) is 105 cm³/mol. The van der Waals surface area contributed by atoms with Gasteiger partial charge in [0.25, 0.3) is 0 Å². The van der Waals surface area contributed by atoms with E-state index in [9.17, 15) is 10.2 Å². The van der Waals surface area contributed by atoms with E-state index < -0.39 is 5.54 Å². The molecule has 0 saturated carbocycles. The fraction of sp³-hybridized carbons (Fsp3) is 0.727. The van der Waals surface area contributed by atoms with Crippen LogP contribution in [-0.4, -0.2) is 29.0 Å². The predicted octanol–water partition coefficient (Wildman–Crippen LogP) is 4.08.